The molecule has 0 amide bonds. The Hall–Kier alpha value is -4.15. The predicted molar refractivity (Wildman–Crippen MR) is 106 cm³/mol. The number of aromatic nitrogens is 6. The number of aromatic amines is 1. The van der Waals surface area contributed by atoms with Crippen LogP contribution < -0.4 is 4.90 Å². The SMILES string of the molecule is Fc1cccc(F)c1-c1nnc(N2CCc3[nH]cnc3[C@H]2c2cc3c(F)cccn3n2)o1. The average Bonchev–Trinajstić information content (AvgIpc) is 3.52. The molecular weight excluding hydrogens is 423 g/mol. The summed E-state index contributed by atoms with van der Waals surface area (Å²) in [5.74, 6) is -2.30. The van der Waals surface area contributed by atoms with Crippen LogP contribution in [0.5, 0.6) is 0 Å². The number of pyridine rings is 1. The van der Waals surface area contributed by atoms with Crippen LogP contribution in [0.1, 0.15) is 23.1 Å². The number of fused-ring (bicyclic) bond motifs is 2. The second-order valence-corrected chi connectivity index (χ2v) is 7.35. The summed E-state index contributed by atoms with van der Waals surface area (Å²) in [7, 11) is 0. The van der Waals surface area contributed by atoms with Gasteiger partial charge in [-0.1, -0.05) is 11.2 Å². The Kier molecular flexibility index (Phi) is 4.03. The van der Waals surface area contributed by atoms with Gasteiger partial charge in [0.05, 0.1) is 17.7 Å². The summed E-state index contributed by atoms with van der Waals surface area (Å²) in [6, 6.07) is 7.53. The number of halogens is 3. The first-order valence-corrected chi connectivity index (χ1v) is 9.80. The molecular formula is C21H14F3N7O. The van der Waals surface area contributed by atoms with Gasteiger partial charge in [-0.2, -0.15) is 5.10 Å². The molecule has 6 rings (SSSR count). The minimum atomic E-state index is -0.805. The molecule has 1 aliphatic heterocycles. The van der Waals surface area contributed by atoms with Crippen molar-refractivity contribution < 1.29 is 17.6 Å². The molecule has 160 valence electrons. The zero-order valence-electron chi connectivity index (χ0n) is 16.3. The summed E-state index contributed by atoms with van der Waals surface area (Å²) in [5, 5.41) is 12.4. The van der Waals surface area contributed by atoms with Crippen LogP contribution in [-0.2, 0) is 6.42 Å². The van der Waals surface area contributed by atoms with Crippen molar-refractivity contribution in [2.75, 3.05) is 11.4 Å². The van der Waals surface area contributed by atoms with Gasteiger partial charge in [-0.25, -0.2) is 22.7 Å². The summed E-state index contributed by atoms with van der Waals surface area (Å²) < 4.78 is 49.8. The zero-order valence-corrected chi connectivity index (χ0v) is 16.3. The van der Waals surface area contributed by atoms with E-state index in [4.69, 9.17) is 4.42 Å². The number of rotatable bonds is 3. The van der Waals surface area contributed by atoms with Gasteiger partial charge in [-0.05, 0) is 30.3 Å². The molecule has 32 heavy (non-hydrogen) atoms. The van der Waals surface area contributed by atoms with Crippen LogP contribution in [0.25, 0.3) is 17.0 Å². The molecule has 0 bridgehead atoms. The number of anilines is 1. The van der Waals surface area contributed by atoms with Gasteiger partial charge in [0.15, 0.2) is 0 Å². The maximum atomic E-state index is 14.3. The normalized spacial score (nSPS) is 16.0. The highest BCUT2D eigenvalue weighted by atomic mass is 19.1. The highest BCUT2D eigenvalue weighted by Gasteiger charge is 2.36. The molecule has 0 unspecified atom stereocenters. The Morgan fingerprint density at radius 3 is 2.66 bits per heavy atom. The molecule has 1 aliphatic rings. The van der Waals surface area contributed by atoms with Crippen LogP contribution in [0.2, 0.25) is 0 Å². The standard InChI is InChI=1S/C21H14F3N7O/c22-11-5-2-7-31-16(11)9-15(29-31)19-18-14(25-10-26-18)6-8-30(19)21-28-27-20(32-21)17-12(23)3-1-4-13(17)24/h1-5,7,9-10,19H,6,8H2,(H,25,26)/t19-/m1/s1. The summed E-state index contributed by atoms with van der Waals surface area (Å²) >= 11 is 0. The Balaban J connectivity index is 1.47. The summed E-state index contributed by atoms with van der Waals surface area (Å²) in [5.41, 5.74) is 2.01. The fourth-order valence-electron chi connectivity index (χ4n) is 4.05. The van der Waals surface area contributed by atoms with Crippen molar-refractivity contribution in [1.82, 2.24) is 29.8 Å². The molecule has 0 spiro atoms. The van der Waals surface area contributed by atoms with E-state index in [2.05, 4.69) is 25.3 Å². The molecule has 0 saturated carbocycles. The van der Waals surface area contributed by atoms with E-state index in [0.717, 1.165) is 17.8 Å². The molecule has 1 atom stereocenters. The Bertz CT molecular complexity index is 1440. The van der Waals surface area contributed by atoms with Gasteiger partial charge in [0.2, 0.25) is 0 Å². The third-order valence-corrected chi connectivity index (χ3v) is 5.51. The summed E-state index contributed by atoms with van der Waals surface area (Å²) in [6.45, 7) is 0.442. The van der Waals surface area contributed by atoms with E-state index in [1.807, 2.05) is 0 Å². The second kappa shape index (κ2) is 6.94. The lowest BCUT2D eigenvalue weighted by molar-refractivity contribution is 0.496. The first-order chi connectivity index (χ1) is 15.6. The van der Waals surface area contributed by atoms with Gasteiger partial charge in [0.1, 0.15) is 34.6 Å². The third-order valence-electron chi connectivity index (χ3n) is 5.51. The smallest absolute Gasteiger partial charge is 0.319 e. The number of benzene rings is 1. The fourth-order valence-corrected chi connectivity index (χ4v) is 4.05. The van der Waals surface area contributed by atoms with E-state index >= 15 is 0 Å². The van der Waals surface area contributed by atoms with Crippen LogP contribution in [0.4, 0.5) is 19.2 Å². The number of hydrogen-bond donors (Lipinski definition) is 1. The Morgan fingerprint density at radius 1 is 1.03 bits per heavy atom. The molecule has 5 aromatic rings. The van der Waals surface area contributed by atoms with Gasteiger partial charge in [0, 0.05) is 24.9 Å². The topological polar surface area (TPSA) is 88.1 Å². The van der Waals surface area contributed by atoms with Gasteiger partial charge >= 0.3 is 6.01 Å². The van der Waals surface area contributed by atoms with Crippen LogP contribution in [0, 0.1) is 17.5 Å². The summed E-state index contributed by atoms with van der Waals surface area (Å²) in [6.07, 6.45) is 3.82. The first kappa shape index (κ1) is 18.6. The molecule has 11 heteroatoms. The van der Waals surface area contributed by atoms with E-state index in [-0.39, 0.29) is 11.9 Å². The van der Waals surface area contributed by atoms with Crippen LogP contribution in [0.3, 0.4) is 0 Å². The minimum absolute atomic E-state index is 0.0545. The van der Waals surface area contributed by atoms with Gasteiger partial charge in [-0.3, -0.25) is 0 Å². The van der Waals surface area contributed by atoms with E-state index in [1.54, 1.807) is 29.6 Å². The molecule has 8 nitrogen and oxygen atoms in total. The number of nitrogens with zero attached hydrogens (tertiary/aromatic N) is 6. The summed E-state index contributed by atoms with van der Waals surface area (Å²) in [4.78, 5) is 9.28. The molecule has 5 heterocycles. The highest BCUT2D eigenvalue weighted by Crippen LogP contribution is 2.37. The van der Waals surface area contributed by atoms with E-state index in [9.17, 15) is 13.2 Å². The first-order valence-electron chi connectivity index (χ1n) is 9.80. The Labute approximate surface area is 178 Å². The van der Waals surface area contributed by atoms with Crippen molar-refractivity contribution in [3.8, 4) is 11.5 Å². The van der Waals surface area contributed by atoms with E-state index in [0.29, 0.717) is 29.9 Å². The largest absolute Gasteiger partial charge is 0.403 e. The lowest BCUT2D eigenvalue weighted by Gasteiger charge is -2.32. The van der Waals surface area contributed by atoms with Crippen LogP contribution in [0.15, 0.2) is 53.3 Å². The van der Waals surface area contributed by atoms with E-state index < -0.39 is 29.1 Å². The minimum Gasteiger partial charge on any atom is -0.403 e. The van der Waals surface area contributed by atoms with Gasteiger partial charge in [0.25, 0.3) is 5.89 Å². The molecule has 1 aromatic carbocycles. The fraction of sp³-hybridized carbons (Fsp3) is 0.143. The monoisotopic (exact) mass is 437 g/mol. The average molecular weight is 437 g/mol. The number of H-pyrrole nitrogens is 1. The Morgan fingerprint density at radius 2 is 1.84 bits per heavy atom. The van der Waals surface area contributed by atoms with Crippen molar-refractivity contribution in [3.05, 3.63) is 83.5 Å². The second-order valence-electron chi connectivity index (χ2n) is 7.35. The van der Waals surface area contributed by atoms with Crippen molar-refractivity contribution in [1.29, 1.82) is 0 Å². The molecule has 0 fully saturated rings. The zero-order chi connectivity index (χ0) is 21.8. The van der Waals surface area contributed by atoms with Gasteiger partial charge < -0.3 is 14.3 Å². The third kappa shape index (κ3) is 2.77. The van der Waals surface area contributed by atoms with Crippen molar-refractivity contribution in [3.63, 3.8) is 0 Å². The van der Waals surface area contributed by atoms with Crippen LogP contribution in [-0.4, -0.2) is 36.3 Å². The molecule has 0 saturated heterocycles. The lowest BCUT2D eigenvalue weighted by atomic mass is 10.0. The molecule has 0 radical (unpaired) electrons. The van der Waals surface area contributed by atoms with Crippen LogP contribution >= 0.6 is 0 Å². The molecule has 4 aromatic heterocycles. The highest BCUT2D eigenvalue weighted by molar-refractivity contribution is 5.57. The number of hydrogen-bond acceptors (Lipinski definition) is 6. The molecule has 0 aliphatic carbocycles. The lowest BCUT2D eigenvalue weighted by Crippen LogP contribution is -2.36. The maximum Gasteiger partial charge on any atom is 0.319 e. The van der Waals surface area contributed by atoms with Gasteiger partial charge in [-0.15, -0.1) is 5.10 Å². The van der Waals surface area contributed by atoms with Crippen molar-refractivity contribution in [2.24, 2.45) is 0 Å². The quantitative estimate of drug-likeness (QED) is 0.463. The van der Waals surface area contributed by atoms with E-state index in [1.165, 1.54) is 16.6 Å². The van der Waals surface area contributed by atoms with Crippen molar-refractivity contribution >= 4 is 11.5 Å². The predicted octanol–water partition coefficient (Wildman–Crippen LogP) is 3.68. The number of nitrogens with one attached hydrogen (secondary N) is 1. The molecule has 1 N–H and O–H groups in total. The number of imidazole rings is 1. The maximum absolute atomic E-state index is 14.3. The van der Waals surface area contributed by atoms with Crippen molar-refractivity contribution in [2.45, 2.75) is 12.5 Å².